The van der Waals surface area contributed by atoms with E-state index in [9.17, 15) is 4.79 Å². The Morgan fingerprint density at radius 3 is 2.50 bits per heavy atom. The van der Waals surface area contributed by atoms with Gasteiger partial charge in [-0.1, -0.05) is 36.4 Å². The summed E-state index contributed by atoms with van der Waals surface area (Å²) in [6, 6.07) is 14.2. The van der Waals surface area contributed by atoms with E-state index in [1.54, 1.807) is 30.3 Å². The summed E-state index contributed by atoms with van der Waals surface area (Å²) >= 11 is 0. The molecule has 14 heavy (non-hydrogen) atoms. The van der Waals surface area contributed by atoms with Gasteiger partial charge in [-0.15, -0.1) is 0 Å². The number of aromatic nitrogens is 1. The van der Waals surface area contributed by atoms with E-state index < -0.39 is 0 Å². The second kappa shape index (κ2) is 3.83. The summed E-state index contributed by atoms with van der Waals surface area (Å²) in [5.41, 5.74) is 1.08. The highest BCUT2D eigenvalue weighted by atomic mass is 16.1. The van der Waals surface area contributed by atoms with Crippen LogP contribution in [-0.4, -0.2) is 10.8 Å². The molecule has 0 spiro atoms. The molecule has 0 bridgehead atoms. The lowest BCUT2D eigenvalue weighted by Crippen LogP contribution is -2.02. The minimum absolute atomic E-state index is 0.0672. The number of carbonyl (C=O) groups is 1. The number of nitrogens with zero attached hydrogens (tertiary/aromatic N) is 1. The SMILES string of the molecule is O=C(c1ccccc1)c1ccc[c]n1. The summed E-state index contributed by atoms with van der Waals surface area (Å²) in [4.78, 5) is 15.6. The Morgan fingerprint density at radius 2 is 1.86 bits per heavy atom. The molecule has 1 heterocycles. The van der Waals surface area contributed by atoms with Crippen molar-refractivity contribution >= 4 is 5.78 Å². The first-order chi connectivity index (χ1) is 6.88. The third kappa shape index (κ3) is 1.69. The van der Waals surface area contributed by atoms with Gasteiger partial charge in [-0.05, 0) is 12.1 Å². The van der Waals surface area contributed by atoms with Crippen molar-refractivity contribution in [2.24, 2.45) is 0 Å². The predicted octanol–water partition coefficient (Wildman–Crippen LogP) is 2.11. The molecule has 1 aromatic heterocycles. The number of hydrogen-bond donors (Lipinski definition) is 0. The maximum Gasteiger partial charge on any atom is 0.211 e. The van der Waals surface area contributed by atoms with Gasteiger partial charge in [-0.3, -0.25) is 4.79 Å². The first-order valence-electron chi connectivity index (χ1n) is 4.31. The molecule has 2 nitrogen and oxygen atoms in total. The summed E-state index contributed by atoms with van der Waals surface area (Å²) in [6.07, 6.45) is 2.64. The zero-order valence-corrected chi connectivity index (χ0v) is 7.47. The topological polar surface area (TPSA) is 30.0 Å². The van der Waals surface area contributed by atoms with Gasteiger partial charge in [-0.2, -0.15) is 0 Å². The zero-order chi connectivity index (χ0) is 9.80. The molecule has 0 amide bonds. The first-order valence-corrected chi connectivity index (χ1v) is 4.31. The smallest absolute Gasteiger partial charge is 0.211 e. The summed E-state index contributed by atoms with van der Waals surface area (Å²) in [7, 11) is 0. The third-order valence-electron chi connectivity index (χ3n) is 1.88. The summed E-state index contributed by atoms with van der Waals surface area (Å²) in [5.74, 6) is -0.0672. The van der Waals surface area contributed by atoms with Crippen LogP contribution in [0.4, 0.5) is 0 Å². The molecule has 0 saturated heterocycles. The molecule has 1 radical (unpaired) electrons. The largest absolute Gasteiger partial charge is 0.287 e. The second-order valence-electron chi connectivity index (χ2n) is 2.85. The Bertz CT molecular complexity index is 381. The quantitative estimate of drug-likeness (QED) is 0.666. The Hall–Kier alpha value is -1.96. The van der Waals surface area contributed by atoms with Crippen molar-refractivity contribution in [2.75, 3.05) is 0 Å². The number of carbonyl (C=O) groups excluding carboxylic acids is 1. The van der Waals surface area contributed by atoms with E-state index in [1.165, 1.54) is 0 Å². The van der Waals surface area contributed by atoms with E-state index in [4.69, 9.17) is 0 Å². The molecule has 0 aliphatic heterocycles. The first kappa shape index (κ1) is 8.63. The minimum atomic E-state index is -0.0672. The van der Waals surface area contributed by atoms with Crippen LogP contribution in [0.5, 0.6) is 0 Å². The van der Waals surface area contributed by atoms with Crippen LogP contribution in [-0.2, 0) is 0 Å². The molecule has 67 valence electrons. The lowest BCUT2D eigenvalue weighted by molar-refractivity contribution is 0.103. The molecular weight excluding hydrogens is 174 g/mol. The monoisotopic (exact) mass is 182 g/mol. The Morgan fingerprint density at radius 1 is 1.07 bits per heavy atom. The van der Waals surface area contributed by atoms with Crippen molar-refractivity contribution in [1.29, 1.82) is 0 Å². The van der Waals surface area contributed by atoms with E-state index in [2.05, 4.69) is 11.2 Å². The summed E-state index contributed by atoms with van der Waals surface area (Å²) in [6.45, 7) is 0. The van der Waals surface area contributed by atoms with Crippen LogP contribution in [0.15, 0.2) is 48.5 Å². The molecule has 2 rings (SSSR count). The van der Waals surface area contributed by atoms with Gasteiger partial charge in [0, 0.05) is 5.56 Å². The maximum absolute atomic E-state index is 11.8. The second-order valence-corrected chi connectivity index (χ2v) is 2.85. The predicted molar refractivity (Wildman–Crippen MR) is 52.9 cm³/mol. The number of benzene rings is 1. The van der Waals surface area contributed by atoms with Gasteiger partial charge in [0.05, 0.1) is 6.20 Å². The highest BCUT2D eigenvalue weighted by molar-refractivity contribution is 6.07. The molecule has 0 aliphatic rings. The van der Waals surface area contributed by atoms with Gasteiger partial charge < -0.3 is 0 Å². The molecule has 0 atom stereocenters. The van der Waals surface area contributed by atoms with Crippen LogP contribution >= 0.6 is 0 Å². The Labute approximate surface area is 82.2 Å². The minimum Gasteiger partial charge on any atom is -0.287 e. The lowest BCUT2D eigenvalue weighted by atomic mass is 10.1. The maximum atomic E-state index is 11.8. The molecule has 0 fully saturated rings. The van der Waals surface area contributed by atoms with Crippen LogP contribution in [0.2, 0.25) is 0 Å². The van der Waals surface area contributed by atoms with Crippen molar-refractivity contribution in [3.05, 3.63) is 66.0 Å². The summed E-state index contributed by atoms with van der Waals surface area (Å²) < 4.78 is 0. The van der Waals surface area contributed by atoms with E-state index >= 15 is 0 Å². The fourth-order valence-electron chi connectivity index (χ4n) is 1.19. The Balaban J connectivity index is 2.35. The lowest BCUT2D eigenvalue weighted by Gasteiger charge is -1.98. The van der Waals surface area contributed by atoms with Crippen LogP contribution in [0.25, 0.3) is 0 Å². The van der Waals surface area contributed by atoms with Gasteiger partial charge in [0.25, 0.3) is 0 Å². The number of hydrogen-bond acceptors (Lipinski definition) is 2. The Kier molecular flexibility index (Phi) is 2.36. The summed E-state index contributed by atoms with van der Waals surface area (Å²) in [5, 5.41) is 0. The van der Waals surface area contributed by atoms with Crippen molar-refractivity contribution in [3.8, 4) is 0 Å². The number of pyridine rings is 1. The highest BCUT2D eigenvalue weighted by Crippen LogP contribution is 2.05. The van der Waals surface area contributed by atoms with Crippen molar-refractivity contribution in [2.45, 2.75) is 0 Å². The molecule has 0 aliphatic carbocycles. The van der Waals surface area contributed by atoms with Crippen LogP contribution in [0.3, 0.4) is 0 Å². The van der Waals surface area contributed by atoms with Gasteiger partial charge in [-0.25, -0.2) is 4.98 Å². The third-order valence-corrected chi connectivity index (χ3v) is 1.88. The van der Waals surface area contributed by atoms with Gasteiger partial charge in [0.1, 0.15) is 5.69 Å². The van der Waals surface area contributed by atoms with Gasteiger partial charge in [0.15, 0.2) is 0 Å². The molecular formula is C12H8NO. The normalized spacial score (nSPS) is 9.71. The van der Waals surface area contributed by atoms with E-state index in [0.29, 0.717) is 11.3 Å². The molecule has 0 saturated carbocycles. The van der Waals surface area contributed by atoms with Crippen LogP contribution in [0, 0.1) is 6.20 Å². The average molecular weight is 182 g/mol. The van der Waals surface area contributed by atoms with E-state index in [0.717, 1.165) is 0 Å². The average Bonchev–Trinajstić information content (AvgIpc) is 2.30. The fourth-order valence-corrected chi connectivity index (χ4v) is 1.19. The molecule has 2 heteroatoms. The van der Waals surface area contributed by atoms with Crippen LogP contribution in [0.1, 0.15) is 16.1 Å². The van der Waals surface area contributed by atoms with Gasteiger partial charge >= 0.3 is 0 Å². The van der Waals surface area contributed by atoms with Gasteiger partial charge in [0.2, 0.25) is 5.78 Å². The fraction of sp³-hybridized carbons (Fsp3) is 0. The molecule has 2 aromatic rings. The van der Waals surface area contributed by atoms with Crippen molar-refractivity contribution in [3.63, 3.8) is 0 Å². The standard InChI is InChI=1S/C12H8NO/c14-12(10-6-2-1-3-7-10)11-8-4-5-9-13-11/h1-8H. The molecule has 0 unspecified atom stereocenters. The van der Waals surface area contributed by atoms with Crippen molar-refractivity contribution < 1.29 is 4.79 Å². The highest BCUT2D eigenvalue weighted by Gasteiger charge is 2.07. The number of rotatable bonds is 2. The van der Waals surface area contributed by atoms with E-state index in [1.807, 2.05) is 18.2 Å². The molecule has 1 aromatic carbocycles. The van der Waals surface area contributed by atoms with Crippen molar-refractivity contribution in [1.82, 2.24) is 4.98 Å². The van der Waals surface area contributed by atoms with E-state index in [-0.39, 0.29) is 5.78 Å². The zero-order valence-electron chi connectivity index (χ0n) is 7.47. The molecule has 0 N–H and O–H groups in total. The number of ketones is 1. The van der Waals surface area contributed by atoms with Crippen LogP contribution < -0.4 is 0 Å².